The molecule has 30 heavy (non-hydrogen) atoms. The van der Waals surface area contributed by atoms with Gasteiger partial charge in [0.25, 0.3) is 5.91 Å². The summed E-state index contributed by atoms with van der Waals surface area (Å²) < 4.78 is 0. The van der Waals surface area contributed by atoms with Crippen LogP contribution in [0.3, 0.4) is 0 Å². The summed E-state index contributed by atoms with van der Waals surface area (Å²) >= 11 is 5.86. The highest BCUT2D eigenvalue weighted by Gasteiger charge is 2.22. The average Bonchev–Trinajstić information content (AvgIpc) is 2.78. The number of amides is 3. The molecule has 160 valence electrons. The summed E-state index contributed by atoms with van der Waals surface area (Å²) in [5, 5.41) is 9.58. The summed E-state index contributed by atoms with van der Waals surface area (Å²) in [4.78, 5) is 24.2. The topological polar surface area (TPSA) is 70.2 Å². The fraction of sp³-hybridized carbons (Fsp3) is 0.417. The molecule has 3 rings (SSSR count). The Morgan fingerprint density at radius 3 is 2.03 bits per heavy atom. The monoisotopic (exact) mass is 427 g/mol. The van der Waals surface area contributed by atoms with Crippen LogP contribution in [0.15, 0.2) is 54.6 Å². The molecule has 3 amide bonds. The standard InChI is InChI=1S/C24H30ClN3O2/c25-22-12-10-21(11-13-22)23(29)27-16-19-6-8-20(9-7-19)17-28-24(30)26-15-14-18-4-2-1-3-5-18/h1-5,10-13,19-20H,6-9,14-17H2,(H,27,29)(H2,26,28,30). The van der Waals surface area contributed by atoms with Gasteiger partial charge in [0.05, 0.1) is 0 Å². The smallest absolute Gasteiger partial charge is 0.314 e. The average molecular weight is 428 g/mol. The maximum absolute atomic E-state index is 12.2. The third kappa shape index (κ3) is 7.38. The van der Waals surface area contributed by atoms with Crippen LogP contribution in [0.4, 0.5) is 4.79 Å². The molecule has 6 heteroatoms. The molecule has 0 aliphatic heterocycles. The van der Waals surface area contributed by atoms with Gasteiger partial charge in [-0.15, -0.1) is 0 Å². The van der Waals surface area contributed by atoms with Crippen molar-refractivity contribution in [3.05, 3.63) is 70.7 Å². The van der Waals surface area contributed by atoms with E-state index in [-0.39, 0.29) is 11.9 Å². The largest absolute Gasteiger partial charge is 0.352 e. The second-order valence-electron chi connectivity index (χ2n) is 7.98. The number of rotatable bonds is 8. The summed E-state index contributed by atoms with van der Waals surface area (Å²) in [5.74, 6) is 0.952. The van der Waals surface area contributed by atoms with Gasteiger partial charge in [0.1, 0.15) is 0 Å². The first kappa shape index (κ1) is 22.2. The normalized spacial score (nSPS) is 18.4. The zero-order chi connectivity index (χ0) is 21.2. The Hall–Kier alpha value is -2.53. The van der Waals surface area contributed by atoms with Crippen molar-refractivity contribution in [2.75, 3.05) is 19.6 Å². The molecule has 0 saturated heterocycles. The van der Waals surface area contributed by atoms with Crippen LogP contribution < -0.4 is 16.0 Å². The fourth-order valence-electron chi connectivity index (χ4n) is 3.84. The van der Waals surface area contributed by atoms with E-state index in [9.17, 15) is 9.59 Å². The minimum atomic E-state index is -0.0942. The second-order valence-corrected chi connectivity index (χ2v) is 8.41. The van der Waals surface area contributed by atoms with Gasteiger partial charge in [-0.1, -0.05) is 41.9 Å². The molecule has 1 saturated carbocycles. The van der Waals surface area contributed by atoms with E-state index in [2.05, 4.69) is 28.1 Å². The Morgan fingerprint density at radius 1 is 0.800 bits per heavy atom. The number of hydrogen-bond donors (Lipinski definition) is 3. The van der Waals surface area contributed by atoms with Crippen LogP contribution >= 0.6 is 11.6 Å². The van der Waals surface area contributed by atoms with Crippen molar-refractivity contribution in [1.82, 2.24) is 16.0 Å². The highest BCUT2D eigenvalue weighted by Crippen LogP contribution is 2.28. The van der Waals surface area contributed by atoms with Crippen molar-refractivity contribution in [2.45, 2.75) is 32.1 Å². The number of halogens is 1. The van der Waals surface area contributed by atoms with Crippen molar-refractivity contribution in [1.29, 1.82) is 0 Å². The van der Waals surface area contributed by atoms with Gasteiger partial charge >= 0.3 is 6.03 Å². The molecule has 3 N–H and O–H groups in total. The summed E-state index contributed by atoms with van der Waals surface area (Å²) in [7, 11) is 0. The lowest BCUT2D eigenvalue weighted by molar-refractivity contribution is 0.0941. The molecular formula is C24H30ClN3O2. The van der Waals surface area contributed by atoms with E-state index in [1.807, 2.05) is 18.2 Å². The lowest BCUT2D eigenvalue weighted by Gasteiger charge is -2.28. The van der Waals surface area contributed by atoms with Gasteiger partial charge in [0, 0.05) is 30.2 Å². The predicted octanol–water partition coefficient (Wildman–Crippen LogP) is 4.42. The van der Waals surface area contributed by atoms with Gasteiger partial charge in [0.2, 0.25) is 0 Å². The molecule has 0 heterocycles. The summed E-state index contributed by atoms with van der Waals surface area (Å²) in [6.45, 7) is 2.04. The van der Waals surface area contributed by atoms with E-state index in [0.29, 0.717) is 42.1 Å². The lowest BCUT2D eigenvalue weighted by atomic mass is 9.82. The van der Waals surface area contributed by atoms with Crippen molar-refractivity contribution in [3.8, 4) is 0 Å². The third-order valence-electron chi connectivity index (χ3n) is 5.72. The number of benzene rings is 2. The van der Waals surface area contributed by atoms with E-state index in [1.54, 1.807) is 24.3 Å². The van der Waals surface area contributed by atoms with Gasteiger partial charge in [0.15, 0.2) is 0 Å². The number of carbonyl (C=O) groups excluding carboxylic acids is 2. The fourth-order valence-corrected chi connectivity index (χ4v) is 3.97. The van der Waals surface area contributed by atoms with Crippen LogP contribution in [0, 0.1) is 11.8 Å². The molecular weight excluding hydrogens is 398 g/mol. The Bertz CT molecular complexity index is 803. The zero-order valence-electron chi connectivity index (χ0n) is 17.2. The number of nitrogens with one attached hydrogen (secondary N) is 3. The molecule has 0 unspecified atom stereocenters. The van der Waals surface area contributed by atoms with E-state index in [4.69, 9.17) is 11.6 Å². The summed E-state index contributed by atoms with van der Waals surface area (Å²) in [6, 6.07) is 17.0. The van der Waals surface area contributed by atoms with E-state index in [0.717, 1.165) is 32.1 Å². The molecule has 0 bridgehead atoms. The lowest BCUT2D eigenvalue weighted by Crippen LogP contribution is -2.40. The maximum Gasteiger partial charge on any atom is 0.314 e. The molecule has 5 nitrogen and oxygen atoms in total. The van der Waals surface area contributed by atoms with Crippen LogP contribution in [-0.4, -0.2) is 31.6 Å². The molecule has 0 spiro atoms. The SMILES string of the molecule is O=C(NCCc1ccccc1)NCC1CCC(CNC(=O)c2ccc(Cl)cc2)CC1. The van der Waals surface area contributed by atoms with Crippen molar-refractivity contribution < 1.29 is 9.59 Å². The Balaban J connectivity index is 1.26. The van der Waals surface area contributed by atoms with Gasteiger partial charge in [-0.25, -0.2) is 4.79 Å². The highest BCUT2D eigenvalue weighted by molar-refractivity contribution is 6.30. The first-order valence-corrected chi connectivity index (χ1v) is 11.1. The molecule has 0 radical (unpaired) electrons. The molecule has 0 atom stereocenters. The quantitative estimate of drug-likeness (QED) is 0.583. The van der Waals surface area contributed by atoms with Crippen molar-refractivity contribution >= 4 is 23.5 Å². The first-order valence-electron chi connectivity index (χ1n) is 10.7. The predicted molar refractivity (Wildman–Crippen MR) is 121 cm³/mol. The zero-order valence-corrected chi connectivity index (χ0v) is 18.0. The highest BCUT2D eigenvalue weighted by atomic mass is 35.5. The van der Waals surface area contributed by atoms with Crippen LogP contribution in [0.2, 0.25) is 5.02 Å². The van der Waals surface area contributed by atoms with Crippen LogP contribution in [0.1, 0.15) is 41.6 Å². The Labute approximate surface area is 183 Å². The molecule has 2 aromatic carbocycles. The first-order chi connectivity index (χ1) is 14.6. The molecule has 0 aromatic heterocycles. The van der Waals surface area contributed by atoms with Crippen molar-refractivity contribution in [3.63, 3.8) is 0 Å². The minimum Gasteiger partial charge on any atom is -0.352 e. The Kier molecular flexibility index (Phi) is 8.57. The van der Waals surface area contributed by atoms with Gasteiger partial charge in [-0.05, 0) is 73.8 Å². The number of urea groups is 1. The van der Waals surface area contributed by atoms with Gasteiger partial charge in [-0.2, -0.15) is 0 Å². The Morgan fingerprint density at radius 2 is 1.40 bits per heavy atom. The van der Waals surface area contributed by atoms with E-state index < -0.39 is 0 Å². The molecule has 1 aliphatic carbocycles. The van der Waals surface area contributed by atoms with E-state index >= 15 is 0 Å². The summed E-state index contributed by atoms with van der Waals surface area (Å²) in [6.07, 6.45) is 5.13. The molecule has 1 aliphatic rings. The third-order valence-corrected chi connectivity index (χ3v) is 5.97. The summed E-state index contributed by atoms with van der Waals surface area (Å²) in [5.41, 5.74) is 1.86. The van der Waals surface area contributed by atoms with Crippen molar-refractivity contribution in [2.24, 2.45) is 11.8 Å². The van der Waals surface area contributed by atoms with Crippen LogP contribution in [0.5, 0.6) is 0 Å². The maximum atomic E-state index is 12.2. The van der Waals surface area contributed by atoms with Crippen LogP contribution in [-0.2, 0) is 6.42 Å². The number of carbonyl (C=O) groups is 2. The van der Waals surface area contributed by atoms with Gasteiger partial charge < -0.3 is 16.0 Å². The van der Waals surface area contributed by atoms with Gasteiger partial charge in [-0.3, -0.25) is 4.79 Å². The molecule has 2 aromatic rings. The second kappa shape index (κ2) is 11.6. The number of hydrogen-bond acceptors (Lipinski definition) is 2. The minimum absolute atomic E-state index is 0.0531. The van der Waals surface area contributed by atoms with Crippen LogP contribution in [0.25, 0.3) is 0 Å². The van der Waals surface area contributed by atoms with E-state index in [1.165, 1.54) is 5.56 Å². The molecule has 1 fully saturated rings.